The number of aliphatic imine (C=N–C) groups is 1. The minimum absolute atomic E-state index is 0.272. The fraction of sp³-hybridized carbons (Fsp3) is 0.158. The zero-order chi connectivity index (χ0) is 17.1. The van der Waals surface area contributed by atoms with Crippen LogP contribution in [0.5, 0.6) is 5.75 Å². The molecule has 24 heavy (non-hydrogen) atoms. The quantitative estimate of drug-likeness (QED) is 0.410. The van der Waals surface area contributed by atoms with Gasteiger partial charge in [-0.05, 0) is 72.3 Å². The van der Waals surface area contributed by atoms with E-state index in [1.807, 2.05) is 56.3 Å². The number of aryl methyl sites for hydroxylation is 1. The van der Waals surface area contributed by atoms with Gasteiger partial charge >= 0.3 is 5.97 Å². The Labute approximate surface area is 154 Å². The molecule has 4 nitrogen and oxygen atoms in total. The van der Waals surface area contributed by atoms with E-state index in [4.69, 9.17) is 9.47 Å². The van der Waals surface area contributed by atoms with Crippen LogP contribution in [-0.2, 0) is 9.53 Å². The summed E-state index contributed by atoms with van der Waals surface area (Å²) in [6, 6.07) is 13.4. The van der Waals surface area contributed by atoms with E-state index in [2.05, 4.69) is 27.6 Å². The minimum Gasteiger partial charge on any atom is -0.493 e. The lowest BCUT2D eigenvalue weighted by atomic mass is 10.1. The summed E-state index contributed by atoms with van der Waals surface area (Å²) in [5, 5.41) is 0. The van der Waals surface area contributed by atoms with Crippen LogP contribution >= 0.6 is 22.6 Å². The lowest BCUT2D eigenvalue weighted by Gasteiger charge is -2.06. The molecule has 0 saturated heterocycles. The molecule has 122 valence electrons. The first-order valence-corrected chi connectivity index (χ1v) is 8.67. The summed E-state index contributed by atoms with van der Waals surface area (Å²) < 4.78 is 12.1. The molecule has 5 heteroatoms. The van der Waals surface area contributed by atoms with Crippen LogP contribution in [0.2, 0.25) is 0 Å². The van der Waals surface area contributed by atoms with Gasteiger partial charge < -0.3 is 9.47 Å². The molecule has 0 unspecified atom stereocenters. The molecule has 0 bridgehead atoms. The first-order chi connectivity index (χ1) is 11.6. The number of hydrogen-bond acceptors (Lipinski definition) is 4. The molecule has 0 N–H and O–H groups in total. The summed E-state index contributed by atoms with van der Waals surface area (Å²) in [5.74, 6) is 0.598. The van der Waals surface area contributed by atoms with Crippen molar-refractivity contribution in [3.63, 3.8) is 0 Å². The van der Waals surface area contributed by atoms with Crippen molar-refractivity contribution in [2.75, 3.05) is 6.61 Å². The number of carbonyl (C=O) groups excluding carboxylic acids is 1. The number of halogens is 1. The maximum atomic E-state index is 12.1. The van der Waals surface area contributed by atoms with Gasteiger partial charge in [-0.1, -0.05) is 18.2 Å². The molecular weight excluding hydrogens is 417 g/mol. The second kappa shape index (κ2) is 7.17. The Morgan fingerprint density at radius 3 is 2.79 bits per heavy atom. The van der Waals surface area contributed by atoms with Crippen molar-refractivity contribution in [2.45, 2.75) is 13.8 Å². The van der Waals surface area contributed by atoms with Crippen molar-refractivity contribution in [2.24, 2.45) is 4.99 Å². The monoisotopic (exact) mass is 433 g/mol. The summed E-state index contributed by atoms with van der Waals surface area (Å²) >= 11 is 2.27. The lowest BCUT2D eigenvalue weighted by Crippen LogP contribution is -2.05. The molecule has 0 atom stereocenters. The van der Waals surface area contributed by atoms with Crippen molar-refractivity contribution < 1.29 is 14.3 Å². The number of benzene rings is 2. The highest BCUT2D eigenvalue weighted by molar-refractivity contribution is 14.1. The number of ether oxygens (including phenoxy) is 2. The van der Waals surface area contributed by atoms with Crippen LogP contribution in [0.15, 0.2) is 53.2 Å². The average molecular weight is 433 g/mol. The van der Waals surface area contributed by atoms with Crippen LogP contribution in [0.3, 0.4) is 0 Å². The van der Waals surface area contributed by atoms with E-state index in [1.165, 1.54) is 0 Å². The van der Waals surface area contributed by atoms with Gasteiger partial charge in [0, 0.05) is 14.7 Å². The second-order valence-corrected chi connectivity index (χ2v) is 6.43. The standard InChI is InChI=1S/C19H16INO3/c1-3-23-17-7-5-4-6-13(17)11-16-19(22)24-18(21-16)14-8-9-15(20)12(2)10-14/h4-11H,3H2,1-2H3/b16-11-. The molecule has 0 saturated carbocycles. The number of rotatable bonds is 4. The predicted octanol–water partition coefficient (Wildman–Crippen LogP) is 4.34. The number of carbonyl (C=O) groups is 1. The third-order valence-electron chi connectivity index (χ3n) is 3.54. The molecule has 0 aromatic heterocycles. The molecule has 1 heterocycles. The maximum Gasteiger partial charge on any atom is 0.363 e. The van der Waals surface area contributed by atoms with E-state index in [-0.39, 0.29) is 5.70 Å². The van der Waals surface area contributed by atoms with Crippen LogP contribution in [-0.4, -0.2) is 18.5 Å². The van der Waals surface area contributed by atoms with Crippen molar-refractivity contribution in [3.05, 3.63) is 68.4 Å². The second-order valence-electron chi connectivity index (χ2n) is 5.27. The SMILES string of the molecule is CCOc1ccccc1/C=C1\N=C(c2ccc(I)c(C)c2)OC1=O. The number of nitrogens with zero attached hydrogens (tertiary/aromatic N) is 1. The maximum absolute atomic E-state index is 12.1. The molecule has 1 aliphatic rings. The summed E-state index contributed by atoms with van der Waals surface area (Å²) in [6.07, 6.45) is 1.69. The molecule has 0 amide bonds. The van der Waals surface area contributed by atoms with Gasteiger partial charge in [-0.3, -0.25) is 0 Å². The van der Waals surface area contributed by atoms with Gasteiger partial charge in [0.2, 0.25) is 5.90 Å². The summed E-state index contributed by atoms with van der Waals surface area (Å²) in [5.41, 5.74) is 2.98. The number of cyclic esters (lactones) is 1. The Morgan fingerprint density at radius 2 is 2.04 bits per heavy atom. The van der Waals surface area contributed by atoms with Crippen LogP contribution in [0.4, 0.5) is 0 Å². The predicted molar refractivity (Wildman–Crippen MR) is 102 cm³/mol. The molecule has 1 aliphatic heterocycles. The van der Waals surface area contributed by atoms with E-state index >= 15 is 0 Å². The Morgan fingerprint density at radius 1 is 1.25 bits per heavy atom. The van der Waals surface area contributed by atoms with Crippen LogP contribution in [0.25, 0.3) is 6.08 Å². The van der Waals surface area contributed by atoms with E-state index < -0.39 is 5.97 Å². The highest BCUT2D eigenvalue weighted by atomic mass is 127. The van der Waals surface area contributed by atoms with Gasteiger partial charge in [0.05, 0.1) is 6.61 Å². The Balaban J connectivity index is 1.96. The number of para-hydroxylation sites is 1. The van der Waals surface area contributed by atoms with Crippen LogP contribution in [0.1, 0.15) is 23.6 Å². The molecule has 3 rings (SSSR count). The Hall–Kier alpha value is -2.15. The van der Waals surface area contributed by atoms with Gasteiger partial charge in [-0.15, -0.1) is 0 Å². The van der Waals surface area contributed by atoms with Crippen molar-refractivity contribution in [1.82, 2.24) is 0 Å². The topological polar surface area (TPSA) is 47.9 Å². The molecule has 0 radical (unpaired) electrons. The largest absolute Gasteiger partial charge is 0.493 e. The van der Waals surface area contributed by atoms with E-state index in [0.29, 0.717) is 18.3 Å². The summed E-state index contributed by atoms with van der Waals surface area (Å²) in [4.78, 5) is 16.5. The Kier molecular flexibility index (Phi) is 4.99. The van der Waals surface area contributed by atoms with Gasteiger partial charge in [0.25, 0.3) is 0 Å². The molecule has 2 aromatic rings. The molecular formula is C19H16INO3. The normalized spacial score (nSPS) is 15.4. The van der Waals surface area contributed by atoms with Gasteiger partial charge in [0.1, 0.15) is 5.75 Å². The van der Waals surface area contributed by atoms with Gasteiger partial charge in [-0.2, -0.15) is 0 Å². The van der Waals surface area contributed by atoms with Crippen molar-refractivity contribution >= 4 is 40.5 Å². The first kappa shape index (κ1) is 16.7. The smallest absolute Gasteiger partial charge is 0.363 e. The number of hydrogen-bond donors (Lipinski definition) is 0. The van der Waals surface area contributed by atoms with Crippen LogP contribution < -0.4 is 4.74 Å². The van der Waals surface area contributed by atoms with Crippen molar-refractivity contribution in [1.29, 1.82) is 0 Å². The molecule has 0 aliphatic carbocycles. The highest BCUT2D eigenvalue weighted by Gasteiger charge is 2.24. The molecule has 0 spiro atoms. The minimum atomic E-state index is -0.451. The average Bonchev–Trinajstić information content (AvgIpc) is 2.93. The van der Waals surface area contributed by atoms with E-state index in [0.717, 1.165) is 20.3 Å². The van der Waals surface area contributed by atoms with E-state index in [1.54, 1.807) is 6.08 Å². The van der Waals surface area contributed by atoms with E-state index in [9.17, 15) is 4.79 Å². The van der Waals surface area contributed by atoms with Crippen molar-refractivity contribution in [3.8, 4) is 5.75 Å². The van der Waals surface area contributed by atoms with Gasteiger partial charge in [0.15, 0.2) is 5.70 Å². The van der Waals surface area contributed by atoms with Gasteiger partial charge in [-0.25, -0.2) is 9.79 Å². The highest BCUT2D eigenvalue weighted by Crippen LogP contribution is 2.25. The first-order valence-electron chi connectivity index (χ1n) is 7.59. The summed E-state index contributed by atoms with van der Waals surface area (Å²) in [7, 11) is 0. The van der Waals surface area contributed by atoms with Crippen LogP contribution in [0, 0.1) is 10.5 Å². The Bertz CT molecular complexity index is 855. The summed E-state index contributed by atoms with van der Waals surface area (Å²) in [6.45, 7) is 4.49. The fourth-order valence-electron chi connectivity index (χ4n) is 2.34. The zero-order valence-electron chi connectivity index (χ0n) is 13.4. The third-order valence-corrected chi connectivity index (χ3v) is 4.75. The number of esters is 1. The fourth-order valence-corrected chi connectivity index (χ4v) is 2.68. The lowest BCUT2D eigenvalue weighted by molar-refractivity contribution is -0.129. The molecule has 0 fully saturated rings. The molecule has 2 aromatic carbocycles. The zero-order valence-corrected chi connectivity index (χ0v) is 15.5. The third kappa shape index (κ3) is 3.51.